The quantitative estimate of drug-likeness (QED) is 0.909. The van der Waals surface area contributed by atoms with Gasteiger partial charge in [-0.1, -0.05) is 17.7 Å². The number of rotatable bonds is 4. The molecule has 0 amide bonds. The van der Waals surface area contributed by atoms with Crippen molar-refractivity contribution in [2.45, 2.75) is 18.4 Å². The minimum absolute atomic E-state index is 0. The molecule has 1 aliphatic rings. The summed E-state index contributed by atoms with van der Waals surface area (Å²) in [5, 5.41) is 0.504. The Kier molecular flexibility index (Phi) is 4.30. The molecule has 0 unspecified atom stereocenters. The van der Waals surface area contributed by atoms with E-state index in [0.29, 0.717) is 23.1 Å². The van der Waals surface area contributed by atoms with Crippen LogP contribution >= 0.6 is 24.0 Å². The van der Waals surface area contributed by atoms with Crippen molar-refractivity contribution in [2.24, 2.45) is 5.73 Å². The average molecular weight is 264 g/mol. The topological polar surface area (TPSA) is 44.5 Å². The first kappa shape index (κ1) is 13.4. The van der Waals surface area contributed by atoms with E-state index in [0.717, 1.165) is 12.8 Å². The van der Waals surface area contributed by atoms with Gasteiger partial charge in [-0.15, -0.1) is 12.4 Å². The Balaban J connectivity index is 0.00000128. The molecule has 0 radical (unpaired) electrons. The minimum Gasteiger partial charge on any atom is -0.495 e. The summed E-state index contributed by atoms with van der Waals surface area (Å²) in [7, 11) is 1.58. The van der Waals surface area contributed by atoms with Crippen molar-refractivity contribution in [3.8, 4) is 11.5 Å². The Bertz CT molecular complexity index is 367. The van der Waals surface area contributed by atoms with E-state index >= 15 is 0 Å². The molecule has 16 heavy (non-hydrogen) atoms. The Morgan fingerprint density at radius 3 is 2.56 bits per heavy atom. The highest BCUT2D eigenvalue weighted by Gasteiger charge is 2.39. The molecule has 0 aromatic heterocycles. The fraction of sp³-hybridized carbons (Fsp3) is 0.455. The molecular weight excluding hydrogens is 249 g/mol. The molecule has 0 bridgehead atoms. The first-order valence-electron chi connectivity index (χ1n) is 4.89. The molecule has 1 aliphatic carbocycles. The van der Waals surface area contributed by atoms with Crippen LogP contribution in [0.15, 0.2) is 18.2 Å². The average Bonchev–Trinajstić information content (AvgIpc) is 2.96. The first-order valence-corrected chi connectivity index (χ1v) is 5.27. The van der Waals surface area contributed by atoms with Crippen LogP contribution in [-0.2, 0) is 0 Å². The summed E-state index contributed by atoms with van der Waals surface area (Å²) < 4.78 is 10.7. The summed E-state index contributed by atoms with van der Waals surface area (Å²) >= 11 is 6.07. The summed E-state index contributed by atoms with van der Waals surface area (Å²) in [4.78, 5) is 0. The van der Waals surface area contributed by atoms with Gasteiger partial charge in [-0.05, 0) is 25.0 Å². The Morgan fingerprint density at radius 2 is 2.00 bits per heavy atom. The number of nitrogens with two attached hydrogens (primary N) is 1. The lowest BCUT2D eigenvalue weighted by molar-refractivity contribution is 0.278. The van der Waals surface area contributed by atoms with Crippen molar-refractivity contribution in [1.29, 1.82) is 0 Å². The van der Waals surface area contributed by atoms with Gasteiger partial charge in [-0.3, -0.25) is 0 Å². The zero-order valence-corrected chi connectivity index (χ0v) is 10.6. The van der Waals surface area contributed by atoms with E-state index in [9.17, 15) is 0 Å². The molecule has 0 spiro atoms. The van der Waals surface area contributed by atoms with Crippen LogP contribution < -0.4 is 15.2 Å². The molecule has 5 heteroatoms. The van der Waals surface area contributed by atoms with Crippen LogP contribution in [0.25, 0.3) is 0 Å². The monoisotopic (exact) mass is 263 g/mol. The standard InChI is InChI=1S/C11H14ClNO2.ClH/c1-14-8-3-2-4-9(10(8)12)15-7-11(13)5-6-11;/h2-4H,5-7,13H2,1H3;1H. The molecule has 1 aromatic carbocycles. The Labute approximate surface area is 106 Å². The molecule has 2 N–H and O–H groups in total. The highest BCUT2D eigenvalue weighted by Crippen LogP contribution is 2.37. The molecule has 0 saturated heterocycles. The lowest BCUT2D eigenvalue weighted by Crippen LogP contribution is -2.29. The van der Waals surface area contributed by atoms with Crippen molar-refractivity contribution in [1.82, 2.24) is 0 Å². The van der Waals surface area contributed by atoms with Crippen molar-refractivity contribution < 1.29 is 9.47 Å². The summed E-state index contributed by atoms with van der Waals surface area (Å²) in [6.07, 6.45) is 2.04. The first-order chi connectivity index (χ1) is 7.14. The second-order valence-electron chi connectivity index (χ2n) is 3.92. The zero-order chi connectivity index (χ0) is 10.9. The summed E-state index contributed by atoms with van der Waals surface area (Å²) in [6.45, 7) is 0.514. The predicted octanol–water partition coefficient (Wildman–Crippen LogP) is 2.64. The van der Waals surface area contributed by atoms with Crippen molar-refractivity contribution in [3.05, 3.63) is 23.2 Å². The summed E-state index contributed by atoms with van der Waals surface area (Å²) in [6, 6.07) is 5.46. The van der Waals surface area contributed by atoms with Crippen molar-refractivity contribution >= 4 is 24.0 Å². The van der Waals surface area contributed by atoms with E-state index in [1.54, 1.807) is 13.2 Å². The van der Waals surface area contributed by atoms with Crippen LogP contribution in [0.4, 0.5) is 0 Å². The second-order valence-corrected chi connectivity index (χ2v) is 4.30. The zero-order valence-electron chi connectivity index (χ0n) is 9.03. The van der Waals surface area contributed by atoms with Crippen LogP contribution in [0.2, 0.25) is 5.02 Å². The van der Waals surface area contributed by atoms with Gasteiger partial charge in [0, 0.05) is 0 Å². The normalized spacial score (nSPS) is 16.2. The fourth-order valence-electron chi connectivity index (χ4n) is 1.29. The predicted molar refractivity (Wildman–Crippen MR) is 66.9 cm³/mol. The van der Waals surface area contributed by atoms with Gasteiger partial charge in [0.05, 0.1) is 12.6 Å². The molecule has 0 atom stereocenters. The number of ether oxygens (including phenoxy) is 2. The molecule has 1 fully saturated rings. The summed E-state index contributed by atoms with van der Waals surface area (Å²) in [5.74, 6) is 1.25. The fourth-order valence-corrected chi connectivity index (χ4v) is 1.54. The minimum atomic E-state index is -0.133. The van der Waals surface area contributed by atoms with Gasteiger partial charge in [0.25, 0.3) is 0 Å². The van der Waals surface area contributed by atoms with Gasteiger partial charge >= 0.3 is 0 Å². The number of hydrogen-bond donors (Lipinski definition) is 1. The lowest BCUT2D eigenvalue weighted by Gasteiger charge is -2.13. The van der Waals surface area contributed by atoms with E-state index in [2.05, 4.69) is 0 Å². The molecule has 0 aliphatic heterocycles. The van der Waals surface area contributed by atoms with Gasteiger partial charge < -0.3 is 15.2 Å². The van der Waals surface area contributed by atoms with Crippen LogP contribution in [0.3, 0.4) is 0 Å². The van der Waals surface area contributed by atoms with E-state index in [1.807, 2.05) is 12.1 Å². The second kappa shape index (κ2) is 5.13. The molecule has 1 saturated carbocycles. The van der Waals surface area contributed by atoms with Crippen molar-refractivity contribution in [2.75, 3.05) is 13.7 Å². The Morgan fingerprint density at radius 1 is 1.38 bits per heavy atom. The SMILES string of the molecule is COc1cccc(OCC2(N)CC2)c1Cl.Cl. The van der Waals surface area contributed by atoms with Gasteiger partial charge in [-0.2, -0.15) is 0 Å². The molecule has 2 rings (SSSR count). The third-order valence-corrected chi connectivity index (χ3v) is 2.93. The van der Waals surface area contributed by atoms with Gasteiger partial charge in [0.1, 0.15) is 23.1 Å². The molecular formula is C11H15Cl2NO2. The van der Waals surface area contributed by atoms with Gasteiger partial charge in [-0.25, -0.2) is 0 Å². The third kappa shape index (κ3) is 2.94. The van der Waals surface area contributed by atoms with Crippen molar-refractivity contribution in [3.63, 3.8) is 0 Å². The van der Waals surface area contributed by atoms with E-state index in [4.69, 9.17) is 26.8 Å². The van der Waals surface area contributed by atoms with Crippen LogP contribution in [-0.4, -0.2) is 19.3 Å². The maximum absolute atomic E-state index is 6.07. The van der Waals surface area contributed by atoms with Gasteiger partial charge in [0.15, 0.2) is 0 Å². The highest BCUT2D eigenvalue weighted by atomic mass is 35.5. The van der Waals surface area contributed by atoms with E-state index < -0.39 is 0 Å². The number of methoxy groups -OCH3 is 1. The number of halogens is 2. The van der Waals surface area contributed by atoms with E-state index in [1.165, 1.54) is 0 Å². The largest absolute Gasteiger partial charge is 0.495 e. The van der Waals surface area contributed by atoms with Gasteiger partial charge in [0.2, 0.25) is 0 Å². The maximum Gasteiger partial charge on any atom is 0.141 e. The lowest BCUT2D eigenvalue weighted by atomic mass is 10.3. The molecule has 3 nitrogen and oxygen atoms in total. The van der Waals surface area contributed by atoms with Crippen LogP contribution in [0.1, 0.15) is 12.8 Å². The molecule has 0 heterocycles. The molecule has 1 aromatic rings. The maximum atomic E-state index is 6.07. The van der Waals surface area contributed by atoms with E-state index in [-0.39, 0.29) is 17.9 Å². The Hall–Kier alpha value is -0.640. The molecule has 90 valence electrons. The highest BCUT2D eigenvalue weighted by molar-refractivity contribution is 6.33. The smallest absolute Gasteiger partial charge is 0.141 e. The number of hydrogen-bond acceptors (Lipinski definition) is 3. The van der Waals surface area contributed by atoms with Crippen LogP contribution in [0.5, 0.6) is 11.5 Å². The third-order valence-electron chi connectivity index (χ3n) is 2.56. The van der Waals surface area contributed by atoms with Crippen LogP contribution in [0, 0.1) is 0 Å². The summed E-state index contributed by atoms with van der Waals surface area (Å²) in [5.41, 5.74) is 5.78. The number of benzene rings is 1.